The maximum Gasteiger partial charge on any atom is 0.123 e. The molecule has 6 aliphatic carbocycles. The van der Waals surface area contributed by atoms with E-state index in [9.17, 15) is 10.2 Å². The van der Waals surface area contributed by atoms with E-state index < -0.39 is 5.72 Å². The molecule has 9 rings (SSSR count). The fraction of sp³-hybridized carbons (Fsp3) is 0.900. The molecule has 9 bridgehead atoms. The van der Waals surface area contributed by atoms with Crippen molar-refractivity contribution in [1.82, 2.24) is 4.90 Å². The highest BCUT2D eigenvalue weighted by atomic mass is 16.3. The highest BCUT2D eigenvalue weighted by molar-refractivity contribution is 5.42. The van der Waals surface area contributed by atoms with Gasteiger partial charge in [-0.1, -0.05) is 25.5 Å². The molecule has 124 valence electrons. The lowest BCUT2D eigenvalue weighted by atomic mass is 9.39. The number of aliphatic hydroxyl groups excluding tert-OH is 1. The molecule has 2 spiro atoms. The van der Waals surface area contributed by atoms with Crippen LogP contribution >= 0.6 is 0 Å². The van der Waals surface area contributed by atoms with Gasteiger partial charge in [-0.3, -0.25) is 4.90 Å². The molecule has 3 aliphatic heterocycles. The van der Waals surface area contributed by atoms with E-state index in [1.807, 2.05) is 0 Å². The van der Waals surface area contributed by atoms with Gasteiger partial charge in [-0.05, 0) is 60.2 Å². The van der Waals surface area contributed by atoms with Crippen LogP contribution in [0.25, 0.3) is 0 Å². The van der Waals surface area contributed by atoms with Crippen LogP contribution in [0.3, 0.4) is 0 Å². The van der Waals surface area contributed by atoms with E-state index in [-0.39, 0.29) is 22.3 Å². The van der Waals surface area contributed by atoms with Crippen LogP contribution in [0.5, 0.6) is 0 Å². The lowest BCUT2D eigenvalue weighted by Crippen LogP contribution is -2.67. The van der Waals surface area contributed by atoms with Gasteiger partial charge in [0, 0.05) is 24.4 Å². The molecule has 3 heterocycles. The second kappa shape index (κ2) is 3.08. The highest BCUT2D eigenvalue weighted by Gasteiger charge is 2.91. The molecule has 6 saturated carbocycles. The van der Waals surface area contributed by atoms with Gasteiger partial charge in [0.2, 0.25) is 0 Å². The van der Waals surface area contributed by atoms with E-state index in [2.05, 4.69) is 18.4 Å². The van der Waals surface area contributed by atoms with Crippen LogP contribution in [0.4, 0.5) is 0 Å². The van der Waals surface area contributed by atoms with E-state index in [1.165, 1.54) is 24.8 Å². The maximum absolute atomic E-state index is 11.8. The molecule has 23 heavy (non-hydrogen) atoms. The Kier molecular flexibility index (Phi) is 1.73. The Balaban J connectivity index is 1.56. The van der Waals surface area contributed by atoms with Gasteiger partial charge in [0.05, 0.1) is 6.10 Å². The summed E-state index contributed by atoms with van der Waals surface area (Å²) in [6, 6.07) is 0.553. The summed E-state index contributed by atoms with van der Waals surface area (Å²) in [6.07, 6.45) is 6.75. The normalized spacial score (nSPS) is 75.6. The third kappa shape index (κ3) is 0.910. The second-order valence-electron chi connectivity index (χ2n) is 10.7. The molecule has 0 radical (unpaired) electrons. The minimum atomic E-state index is -0.572. The highest BCUT2D eigenvalue weighted by Crippen LogP contribution is 2.88. The van der Waals surface area contributed by atoms with Crippen LogP contribution in [0.15, 0.2) is 12.2 Å². The maximum atomic E-state index is 11.8. The molecule has 9 fully saturated rings. The number of piperidine rings is 2. The number of hydrogen-bond donors (Lipinski definition) is 2. The van der Waals surface area contributed by atoms with Crippen molar-refractivity contribution in [3.8, 4) is 0 Å². The average Bonchev–Trinajstić information content (AvgIpc) is 2.81. The average molecular weight is 313 g/mol. The van der Waals surface area contributed by atoms with Crippen molar-refractivity contribution in [1.29, 1.82) is 0 Å². The zero-order valence-corrected chi connectivity index (χ0v) is 14.0. The monoisotopic (exact) mass is 313 g/mol. The number of nitrogens with zero attached hydrogens (tertiary/aromatic N) is 1. The Morgan fingerprint density at radius 3 is 2.96 bits per heavy atom. The summed E-state index contributed by atoms with van der Waals surface area (Å²) in [7, 11) is 0. The first-order valence-electron chi connectivity index (χ1n) is 9.73. The lowest BCUT2D eigenvalue weighted by Gasteiger charge is -2.66. The molecule has 3 heteroatoms. The van der Waals surface area contributed by atoms with E-state index in [0.29, 0.717) is 29.7 Å². The minimum absolute atomic E-state index is 0.167. The SMILES string of the molecule is C=C1CC23C[C@]4(O)C5C6(C)CCCC57C(C2CC1C(O)C37)N4C6. The molecule has 2 N–H and O–H groups in total. The molecular weight excluding hydrogens is 286 g/mol. The molecule has 3 nitrogen and oxygen atoms in total. The predicted octanol–water partition coefficient (Wildman–Crippen LogP) is 2.14. The van der Waals surface area contributed by atoms with Crippen molar-refractivity contribution in [2.75, 3.05) is 6.54 Å². The van der Waals surface area contributed by atoms with Gasteiger partial charge in [0.1, 0.15) is 5.72 Å². The third-order valence-electron chi connectivity index (χ3n) is 10.2. The van der Waals surface area contributed by atoms with Gasteiger partial charge < -0.3 is 10.2 Å². The molecule has 0 aromatic heterocycles. The topological polar surface area (TPSA) is 43.7 Å². The summed E-state index contributed by atoms with van der Waals surface area (Å²) in [4.78, 5) is 2.56. The van der Waals surface area contributed by atoms with Crippen LogP contribution in [-0.2, 0) is 0 Å². The van der Waals surface area contributed by atoms with E-state index in [0.717, 1.165) is 25.8 Å². The van der Waals surface area contributed by atoms with E-state index >= 15 is 0 Å². The summed E-state index contributed by atoms with van der Waals surface area (Å²) in [6.45, 7) is 7.87. The molecule has 11 atom stereocenters. The Morgan fingerprint density at radius 1 is 1.30 bits per heavy atom. The van der Waals surface area contributed by atoms with Crippen molar-refractivity contribution in [3.05, 3.63) is 12.2 Å². The van der Waals surface area contributed by atoms with Crippen LogP contribution in [0, 0.1) is 39.9 Å². The van der Waals surface area contributed by atoms with Crippen LogP contribution in [0.2, 0.25) is 0 Å². The number of fused-ring (bicyclic) bond motifs is 1. The fourth-order valence-electron chi connectivity index (χ4n) is 10.6. The molecule has 3 saturated heterocycles. The molecule has 0 amide bonds. The van der Waals surface area contributed by atoms with Gasteiger partial charge in [-0.2, -0.15) is 0 Å². The molecular formula is C20H27NO2. The van der Waals surface area contributed by atoms with Gasteiger partial charge in [0.25, 0.3) is 0 Å². The smallest absolute Gasteiger partial charge is 0.123 e. The Bertz CT molecular complexity index is 691. The quantitative estimate of drug-likeness (QED) is 0.674. The number of hydrogen-bond acceptors (Lipinski definition) is 3. The van der Waals surface area contributed by atoms with Gasteiger partial charge >= 0.3 is 0 Å². The first-order valence-corrected chi connectivity index (χ1v) is 9.73. The van der Waals surface area contributed by atoms with Crippen LogP contribution in [-0.4, -0.2) is 39.5 Å². The largest absolute Gasteiger partial charge is 0.392 e. The summed E-state index contributed by atoms with van der Waals surface area (Å²) in [5, 5.41) is 23.2. The van der Waals surface area contributed by atoms with E-state index in [1.54, 1.807) is 0 Å². The van der Waals surface area contributed by atoms with Crippen molar-refractivity contribution in [2.45, 2.75) is 63.3 Å². The third-order valence-corrected chi connectivity index (χ3v) is 10.2. The number of rotatable bonds is 0. The lowest BCUT2D eigenvalue weighted by molar-refractivity contribution is -0.246. The minimum Gasteiger partial charge on any atom is -0.392 e. The summed E-state index contributed by atoms with van der Waals surface area (Å²) >= 11 is 0. The van der Waals surface area contributed by atoms with Crippen molar-refractivity contribution >= 4 is 0 Å². The zero-order chi connectivity index (χ0) is 15.6. The van der Waals surface area contributed by atoms with E-state index in [4.69, 9.17) is 0 Å². The first kappa shape index (κ1) is 12.9. The van der Waals surface area contributed by atoms with Crippen molar-refractivity contribution in [3.63, 3.8) is 0 Å². The molecule has 10 unspecified atom stereocenters. The van der Waals surface area contributed by atoms with Gasteiger partial charge in [0.15, 0.2) is 0 Å². The summed E-state index contributed by atoms with van der Waals surface area (Å²) in [5.41, 5.74) is 1.36. The Morgan fingerprint density at radius 2 is 2.13 bits per heavy atom. The predicted molar refractivity (Wildman–Crippen MR) is 85.2 cm³/mol. The molecule has 9 aliphatic rings. The fourth-order valence-corrected chi connectivity index (χ4v) is 10.6. The van der Waals surface area contributed by atoms with Crippen LogP contribution < -0.4 is 0 Å². The zero-order valence-electron chi connectivity index (χ0n) is 14.0. The second-order valence-corrected chi connectivity index (χ2v) is 10.7. The van der Waals surface area contributed by atoms with Crippen molar-refractivity contribution in [2.24, 2.45) is 39.9 Å². The first-order chi connectivity index (χ1) is 10.9. The Hall–Kier alpha value is -0.380. The van der Waals surface area contributed by atoms with Gasteiger partial charge in [-0.25, -0.2) is 0 Å². The summed E-state index contributed by atoms with van der Waals surface area (Å²) in [5.74, 6) is 1.89. The standard InChI is InChI=1S/C20H27NO2/c1-10-7-18-8-20(23)16-17(2)4-3-5-19(16)14(18)13(22)11(10)6-12(18)15(19)21(20)9-17/h11-16,22-23H,1,3-9H2,2H3/t11?,12?,13?,14?,15?,16?,17?,18?,19?,20-/m0/s1. The number of aliphatic hydroxyl groups is 2. The molecule has 0 aromatic rings. The van der Waals surface area contributed by atoms with Crippen molar-refractivity contribution < 1.29 is 10.2 Å². The van der Waals surface area contributed by atoms with Crippen LogP contribution in [0.1, 0.15) is 45.4 Å². The van der Waals surface area contributed by atoms with Gasteiger partial charge in [-0.15, -0.1) is 0 Å². The summed E-state index contributed by atoms with van der Waals surface area (Å²) < 4.78 is 0. The Labute approximate surface area is 137 Å². The molecule has 0 aromatic carbocycles.